The number of halogens is 2. The summed E-state index contributed by atoms with van der Waals surface area (Å²) in [6.07, 6.45) is 0.373. The molecule has 0 bridgehead atoms. The van der Waals surface area contributed by atoms with Crippen LogP contribution in [0.1, 0.15) is 19.4 Å². The summed E-state index contributed by atoms with van der Waals surface area (Å²) in [6, 6.07) is 4.15. The second kappa shape index (κ2) is 5.21. The van der Waals surface area contributed by atoms with Crippen LogP contribution in [0.4, 0.5) is 8.78 Å². The van der Waals surface area contributed by atoms with Gasteiger partial charge in [0.1, 0.15) is 0 Å². The third-order valence-electron chi connectivity index (χ3n) is 2.69. The molecule has 84 valence electrons. The predicted octanol–water partition coefficient (Wildman–Crippen LogP) is 2.77. The van der Waals surface area contributed by atoms with Gasteiger partial charge in [-0.2, -0.15) is 0 Å². The number of rotatable bonds is 4. The zero-order chi connectivity index (χ0) is 11.4. The second-order valence-electron chi connectivity index (χ2n) is 4.10. The molecule has 1 aromatic rings. The largest absolute Gasteiger partial charge is 0.396 e. The zero-order valence-corrected chi connectivity index (χ0v) is 9.00. The molecule has 1 N–H and O–H groups in total. The van der Waals surface area contributed by atoms with Crippen LogP contribution in [0, 0.1) is 23.5 Å². The molecule has 1 unspecified atom stereocenters. The summed E-state index contributed by atoms with van der Waals surface area (Å²) in [5, 5.41) is 9.10. The van der Waals surface area contributed by atoms with Gasteiger partial charge in [0.05, 0.1) is 0 Å². The molecule has 0 heterocycles. The minimum absolute atomic E-state index is 0.00633. The number of aliphatic hydroxyl groups is 1. The summed E-state index contributed by atoms with van der Waals surface area (Å²) >= 11 is 0. The summed E-state index contributed by atoms with van der Waals surface area (Å²) < 4.78 is 26.2. The van der Waals surface area contributed by atoms with Crippen molar-refractivity contribution in [2.75, 3.05) is 6.61 Å². The van der Waals surface area contributed by atoms with E-state index in [2.05, 4.69) is 0 Å². The van der Waals surface area contributed by atoms with Crippen LogP contribution in [0.5, 0.6) is 0 Å². The molecule has 3 heteroatoms. The van der Waals surface area contributed by atoms with Gasteiger partial charge in [-0.25, -0.2) is 8.78 Å². The van der Waals surface area contributed by atoms with Crippen molar-refractivity contribution in [3.63, 3.8) is 0 Å². The van der Waals surface area contributed by atoms with Crippen molar-refractivity contribution in [1.29, 1.82) is 0 Å². The van der Waals surface area contributed by atoms with Gasteiger partial charge in [-0.1, -0.05) is 26.0 Å². The van der Waals surface area contributed by atoms with Crippen molar-refractivity contribution < 1.29 is 13.9 Å². The van der Waals surface area contributed by atoms with Gasteiger partial charge < -0.3 is 5.11 Å². The molecule has 0 saturated carbocycles. The first-order valence-electron chi connectivity index (χ1n) is 5.10. The highest BCUT2D eigenvalue weighted by Gasteiger charge is 2.16. The van der Waals surface area contributed by atoms with Crippen LogP contribution in [0.15, 0.2) is 18.2 Å². The molecule has 0 fully saturated rings. The van der Waals surface area contributed by atoms with E-state index in [0.717, 1.165) is 6.07 Å². The molecular formula is C12H16F2O. The maximum Gasteiger partial charge on any atom is 0.162 e. The average molecular weight is 214 g/mol. The fourth-order valence-corrected chi connectivity index (χ4v) is 1.50. The Balaban J connectivity index is 2.84. The Hall–Kier alpha value is -0.960. The first-order valence-corrected chi connectivity index (χ1v) is 5.10. The molecule has 0 aromatic heterocycles. The maximum atomic E-state index is 13.3. The summed E-state index contributed by atoms with van der Waals surface area (Å²) in [7, 11) is 0. The Morgan fingerprint density at radius 2 is 1.93 bits per heavy atom. The Labute approximate surface area is 88.7 Å². The van der Waals surface area contributed by atoms with Crippen molar-refractivity contribution in [2.24, 2.45) is 11.8 Å². The molecule has 0 amide bonds. The van der Waals surface area contributed by atoms with Gasteiger partial charge in [-0.05, 0) is 29.9 Å². The van der Waals surface area contributed by atoms with Crippen molar-refractivity contribution in [1.82, 2.24) is 0 Å². The lowest BCUT2D eigenvalue weighted by atomic mass is 9.90. The van der Waals surface area contributed by atoms with E-state index >= 15 is 0 Å². The Morgan fingerprint density at radius 3 is 2.47 bits per heavy atom. The molecule has 1 rings (SSSR count). The highest BCUT2D eigenvalue weighted by Crippen LogP contribution is 2.20. The van der Waals surface area contributed by atoms with Crippen molar-refractivity contribution >= 4 is 0 Å². The molecule has 0 radical (unpaired) electrons. The van der Waals surface area contributed by atoms with E-state index in [1.807, 2.05) is 13.8 Å². The van der Waals surface area contributed by atoms with E-state index in [0.29, 0.717) is 12.0 Å². The molecule has 1 aromatic carbocycles. The fourth-order valence-electron chi connectivity index (χ4n) is 1.50. The van der Waals surface area contributed by atoms with Crippen LogP contribution >= 0.6 is 0 Å². The lowest BCUT2D eigenvalue weighted by Crippen LogP contribution is -2.17. The van der Waals surface area contributed by atoms with Gasteiger partial charge in [0.2, 0.25) is 0 Å². The highest BCUT2D eigenvalue weighted by molar-refractivity contribution is 5.19. The summed E-state index contributed by atoms with van der Waals surface area (Å²) in [4.78, 5) is 0. The minimum atomic E-state index is -0.826. The predicted molar refractivity (Wildman–Crippen MR) is 55.5 cm³/mol. The van der Waals surface area contributed by atoms with E-state index in [1.165, 1.54) is 6.07 Å². The quantitative estimate of drug-likeness (QED) is 0.817. The van der Waals surface area contributed by atoms with Gasteiger partial charge in [0.15, 0.2) is 11.6 Å². The summed E-state index contributed by atoms with van der Waals surface area (Å²) in [6.45, 7) is 3.91. The Bertz CT molecular complexity index is 323. The molecule has 15 heavy (non-hydrogen) atoms. The number of hydrogen-bond acceptors (Lipinski definition) is 1. The maximum absolute atomic E-state index is 13.3. The van der Waals surface area contributed by atoms with Crippen molar-refractivity contribution in [3.05, 3.63) is 35.4 Å². The van der Waals surface area contributed by atoms with Crippen LogP contribution < -0.4 is 0 Å². The van der Waals surface area contributed by atoms with E-state index in [9.17, 15) is 8.78 Å². The van der Waals surface area contributed by atoms with Gasteiger partial charge >= 0.3 is 0 Å². The number of benzene rings is 1. The van der Waals surface area contributed by atoms with Crippen LogP contribution in [0.25, 0.3) is 0 Å². The third-order valence-corrected chi connectivity index (χ3v) is 2.69. The zero-order valence-electron chi connectivity index (χ0n) is 9.00. The first-order chi connectivity index (χ1) is 7.06. The normalized spacial score (nSPS) is 13.2. The van der Waals surface area contributed by atoms with Crippen molar-refractivity contribution in [3.8, 4) is 0 Å². The van der Waals surface area contributed by atoms with Crippen molar-refractivity contribution in [2.45, 2.75) is 20.3 Å². The molecule has 0 spiro atoms. The monoisotopic (exact) mass is 214 g/mol. The fraction of sp³-hybridized carbons (Fsp3) is 0.500. The van der Waals surface area contributed by atoms with E-state index in [4.69, 9.17) is 5.11 Å². The molecule has 1 nitrogen and oxygen atoms in total. The Morgan fingerprint density at radius 1 is 1.27 bits per heavy atom. The lowest BCUT2D eigenvalue weighted by Gasteiger charge is -2.18. The van der Waals surface area contributed by atoms with Crippen LogP contribution in [-0.2, 0) is 6.42 Å². The standard InChI is InChI=1S/C12H16F2O/c1-8(2)10(7-15)6-9-4-3-5-11(13)12(9)14/h3-5,8,10,15H,6-7H2,1-2H3. The molecule has 0 saturated heterocycles. The van der Waals surface area contributed by atoms with Gasteiger partial charge in [0, 0.05) is 6.61 Å². The summed E-state index contributed by atoms with van der Waals surface area (Å²) in [5.41, 5.74) is 0.336. The smallest absolute Gasteiger partial charge is 0.162 e. The minimum Gasteiger partial charge on any atom is -0.396 e. The third kappa shape index (κ3) is 2.99. The first kappa shape index (κ1) is 12.1. The Kier molecular flexibility index (Phi) is 4.21. The SMILES string of the molecule is CC(C)C(CO)Cc1cccc(F)c1F. The highest BCUT2D eigenvalue weighted by atomic mass is 19.2. The topological polar surface area (TPSA) is 20.2 Å². The molecular weight excluding hydrogens is 198 g/mol. The number of hydrogen-bond donors (Lipinski definition) is 1. The van der Waals surface area contributed by atoms with Gasteiger partial charge in [0.25, 0.3) is 0 Å². The molecule has 0 aliphatic heterocycles. The van der Waals surface area contributed by atoms with Crippen LogP contribution in [0.3, 0.4) is 0 Å². The summed E-state index contributed by atoms with van der Waals surface area (Å²) in [5.74, 6) is -1.40. The van der Waals surface area contributed by atoms with Crippen LogP contribution in [0.2, 0.25) is 0 Å². The van der Waals surface area contributed by atoms with E-state index in [1.54, 1.807) is 6.07 Å². The van der Waals surface area contributed by atoms with Gasteiger partial charge in [-0.3, -0.25) is 0 Å². The molecule has 0 aliphatic rings. The number of aliphatic hydroxyl groups excluding tert-OH is 1. The lowest BCUT2D eigenvalue weighted by molar-refractivity contribution is 0.188. The molecule has 1 atom stereocenters. The van der Waals surface area contributed by atoms with E-state index < -0.39 is 11.6 Å². The average Bonchev–Trinajstić information content (AvgIpc) is 2.19. The van der Waals surface area contributed by atoms with Crippen LogP contribution in [-0.4, -0.2) is 11.7 Å². The van der Waals surface area contributed by atoms with Gasteiger partial charge in [-0.15, -0.1) is 0 Å². The van der Waals surface area contributed by atoms with E-state index in [-0.39, 0.29) is 18.4 Å². The molecule has 0 aliphatic carbocycles. The second-order valence-corrected chi connectivity index (χ2v) is 4.10.